The van der Waals surface area contributed by atoms with Gasteiger partial charge in [-0.05, 0) is 31.2 Å². The Morgan fingerprint density at radius 3 is 2.27 bits per heavy atom. The van der Waals surface area contributed by atoms with Crippen LogP contribution in [0.15, 0.2) is 54.6 Å². The fraction of sp³-hybridized carbons (Fsp3) is 0.250. The largest absolute Gasteiger partial charge is 0.481 e. The molecule has 0 saturated carbocycles. The molecule has 0 radical (unpaired) electrons. The number of carbonyl (C=O) groups excluding carboxylic acids is 1. The van der Waals surface area contributed by atoms with Crippen molar-refractivity contribution in [1.29, 1.82) is 0 Å². The summed E-state index contributed by atoms with van der Waals surface area (Å²) in [5, 5.41) is 0. The van der Waals surface area contributed by atoms with E-state index in [1.54, 1.807) is 11.8 Å². The van der Waals surface area contributed by atoms with E-state index in [4.69, 9.17) is 14.7 Å². The van der Waals surface area contributed by atoms with Crippen LogP contribution >= 0.6 is 0 Å². The van der Waals surface area contributed by atoms with Gasteiger partial charge in [-0.15, -0.1) is 0 Å². The molecule has 0 saturated heterocycles. The molecule has 1 aliphatic rings. The van der Waals surface area contributed by atoms with Crippen LogP contribution < -0.4 is 14.5 Å². The monoisotopic (exact) mass is 348 g/mol. The number of benzene rings is 2. The average molecular weight is 348 g/mol. The molecule has 0 N–H and O–H groups in total. The summed E-state index contributed by atoms with van der Waals surface area (Å²) in [4.78, 5) is 26.1. The number of carbonyl (C=O) groups is 1. The molecule has 4 rings (SSSR count). The fourth-order valence-corrected chi connectivity index (χ4v) is 3.07. The highest BCUT2D eigenvalue weighted by atomic mass is 16.5. The van der Waals surface area contributed by atoms with Crippen molar-refractivity contribution in [2.75, 3.05) is 29.9 Å². The molecule has 0 bridgehead atoms. The predicted molar refractivity (Wildman–Crippen MR) is 102 cm³/mol. The van der Waals surface area contributed by atoms with Gasteiger partial charge in [0.05, 0.1) is 11.0 Å². The topological polar surface area (TPSA) is 58.6 Å². The third-order valence-electron chi connectivity index (χ3n) is 4.48. The molecular formula is C20H20N4O2. The Morgan fingerprint density at radius 1 is 0.962 bits per heavy atom. The van der Waals surface area contributed by atoms with E-state index in [9.17, 15) is 4.79 Å². The second-order valence-electron chi connectivity index (χ2n) is 6.34. The summed E-state index contributed by atoms with van der Waals surface area (Å²) < 4.78 is 5.81. The highest BCUT2D eigenvalue weighted by Crippen LogP contribution is 2.31. The van der Waals surface area contributed by atoms with Crippen LogP contribution in [0.3, 0.4) is 0 Å². The van der Waals surface area contributed by atoms with Gasteiger partial charge in [-0.2, -0.15) is 0 Å². The van der Waals surface area contributed by atoms with Gasteiger partial charge in [-0.25, -0.2) is 9.97 Å². The normalized spacial score (nSPS) is 14.8. The van der Waals surface area contributed by atoms with E-state index in [-0.39, 0.29) is 5.91 Å². The lowest BCUT2D eigenvalue weighted by molar-refractivity contribution is -0.124. The first-order valence-electron chi connectivity index (χ1n) is 8.64. The zero-order valence-corrected chi connectivity index (χ0v) is 14.8. The van der Waals surface area contributed by atoms with Gasteiger partial charge >= 0.3 is 0 Å². The van der Waals surface area contributed by atoms with Crippen molar-refractivity contribution in [3.8, 4) is 5.75 Å². The SMILES string of the molecule is CC(Oc1ccccc1)C(=O)N1CCN(C)c2nc3ccccc3nc21. The van der Waals surface area contributed by atoms with Crippen LogP contribution in [0.4, 0.5) is 11.6 Å². The Labute approximate surface area is 152 Å². The van der Waals surface area contributed by atoms with E-state index in [2.05, 4.69) is 0 Å². The van der Waals surface area contributed by atoms with Crippen molar-refractivity contribution in [2.24, 2.45) is 0 Å². The molecule has 6 nitrogen and oxygen atoms in total. The highest BCUT2D eigenvalue weighted by Gasteiger charge is 2.31. The van der Waals surface area contributed by atoms with Crippen LogP contribution in [0.2, 0.25) is 0 Å². The fourth-order valence-electron chi connectivity index (χ4n) is 3.07. The number of ether oxygens (including phenoxy) is 1. The standard InChI is InChI=1S/C20H20N4O2/c1-14(26-15-8-4-3-5-9-15)20(25)24-13-12-23(2)18-19(24)22-17-11-7-6-10-16(17)21-18/h3-11,14H,12-13H2,1-2H3. The lowest BCUT2D eigenvalue weighted by atomic mass is 10.2. The van der Waals surface area contributed by atoms with Crippen molar-refractivity contribution >= 4 is 28.6 Å². The van der Waals surface area contributed by atoms with Gasteiger partial charge in [-0.1, -0.05) is 30.3 Å². The summed E-state index contributed by atoms with van der Waals surface area (Å²) in [5.41, 5.74) is 1.59. The molecule has 0 aliphatic carbocycles. The second kappa shape index (κ2) is 6.63. The van der Waals surface area contributed by atoms with Crippen molar-refractivity contribution in [1.82, 2.24) is 9.97 Å². The molecule has 26 heavy (non-hydrogen) atoms. The van der Waals surface area contributed by atoms with E-state index < -0.39 is 6.10 Å². The summed E-state index contributed by atoms with van der Waals surface area (Å²) in [7, 11) is 1.97. The molecule has 2 heterocycles. The number of hydrogen-bond acceptors (Lipinski definition) is 5. The molecule has 6 heteroatoms. The quantitative estimate of drug-likeness (QED) is 0.728. The van der Waals surface area contributed by atoms with Crippen LogP contribution in [0.5, 0.6) is 5.75 Å². The molecule has 1 aliphatic heterocycles. The van der Waals surface area contributed by atoms with Gasteiger partial charge in [0.25, 0.3) is 5.91 Å². The first kappa shape index (κ1) is 16.3. The second-order valence-corrected chi connectivity index (χ2v) is 6.34. The van der Waals surface area contributed by atoms with Crippen LogP contribution in [-0.2, 0) is 4.79 Å². The van der Waals surface area contributed by atoms with Crippen molar-refractivity contribution in [3.05, 3.63) is 54.6 Å². The van der Waals surface area contributed by atoms with E-state index in [0.717, 1.165) is 16.9 Å². The zero-order valence-electron chi connectivity index (χ0n) is 14.8. The molecular weight excluding hydrogens is 328 g/mol. The summed E-state index contributed by atoms with van der Waals surface area (Å²) >= 11 is 0. The molecule has 3 aromatic rings. The van der Waals surface area contributed by atoms with Crippen LogP contribution in [0.25, 0.3) is 11.0 Å². The maximum atomic E-state index is 13.0. The third kappa shape index (κ3) is 2.94. The number of rotatable bonds is 3. The minimum atomic E-state index is -0.609. The Bertz CT molecular complexity index is 945. The Kier molecular flexibility index (Phi) is 4.16. The number of para-hydroxylation sites is 3. The number of amides is 1. The molecule has 1 amide bonds. The minimum absolute atomic E-state index is 0.118. The lowest BCUT2D eigenvalue weighted by Gasteiger charge is -2.34. The number of fused-ring (bicyclic) bond motifs is 2. The maximum Gasteiger partial charge on any atom is 0.269 e. The molecule has 1 aromatic heterocycles. The minimum Gasteiger partial charge on any atom is -0.481 e. The maximum absolute atomic E-state index is 13.0. The molecule has 132 valence electrons. The first-order chi connectivity index (χ1) is 12.6. The summed E-state index contributed by atoms with van der Waals surface area (Å²) in [6.07, 6.45) is -0.609. The average Bonchev–Trinajstić information content (AvgIpc) is 2.67. The van der Waals surface area contributed by atoms with Crippen LogP contribution in [0.1, 0.15) is 6.92 Å². The van der Waals surface area contributed by atoms with Crippen LogP contribution in [-0.4, -0.2) is 42.1 Å². The zero-order chi connectivity index (χ0) is 18.1. The van der Waals surface area contributed by atoms with Crippen molar-refractivity contribution in [3.63, 3.8) is 0 Å². The molecule has 0 fully saturated rings. The van der Waals surface area contributed by atoms with Crippen molar-refractivity contribution in [2.45, 2.75) is 13.0 Å². The lowest BCUT2D eigenvalue weighted by Crippen LogP contribution is -2.48. The van der Waals surface area contributed by atoms with E-state index in [1.807, 2.05) is 66.5 Å². The van der Waals surface area contributed by atoms with Gasteiger partial charge in [-0.3, -0.25) is 9.69 Å². The Hall–Kier alpha value is -3.15. The highest BCUT2D eigenvalue weighted by molar-refractivity contribution is 5.99. The van der Waals surface area contributed by atoms with Gasteiger partial charge in [0.15, 0.2) is 17.7 Å². The molecule has 2 aromatic carbocycles. The number of nitrogens with zero attached hydrogens (tertiary/aromatic N) is 4. The van der Waals surface area contributed by atoms with Gasteiger partial charge in [0.1, 0.15) is 5.75 Å². The van der Waals surface area contributed by atoms with Gasteiger partial charge < -0.3 is 9.64 Å². The van der Waals surface area contributed by atoms with Gasteiger partial charge in [0.2, 0.25) is 0 Å². The smallest absolute Gasteiger partial charge is 0.269 e. The predicted octanol–water partition coefficient (Wildman–Crippen LogP) is 2.88. The molecule has 1 unspecified atom stereocenters. The van der Waals surface area contributed by atoms with E-state index in [1.165, 1.54) is 0 Å². The summed E-state index contributed by atoms with van der Waals surface area (Å²) in [6, 6.07) is 17.1. The Morgan fingerprint density at radius 2 is 1.58 bits per heavy atom. The van der Waals surface area contributed by atoms with E-state index >= 15 is 0 Å². The van der Waals surface area contributed by atoms with E-state index in [0.29, 0.717) is 24.7 Å². The summed E-state index contributed by atoms with van der Waals surface area (Å²) in [6.45, 7) is 3.02. The third-order valence-corrected chi connectivity index (χ3v) is 4.48. The number of anilines is 2. The number of hydrogen-bond donors (Lipinski definition) is 0. The van der Waals surface area contributed by atoms with Gasteiger partial charge in [0, 0.05) is 20.1 Å². The Balaban J connectivity index is 1.66. The number of aromatic nitrogens is 2. The molecule has 0 spiro atoms. The summed E-state index contributed by atoms with van der Waals surface area (Å²) in [5.74, 6) is 1.86. The van der Waals surface area contributed by atoms with Crippen LogP contribution in [0, 0.1) is 0 Å². The number of likely N-dealkylation sites (N-methyl/N-ethyl adjacent to an activating group) is 1. The van der Waals surface area contributed by atoms with Crippen molar-refractivity contribution < 1.29 is 9.53 Å². The first-order valence-corrected chi connectivity index (χ1v) is 8.64. The molecule has 1 atom stereocenters.